The third-order valence-electron chi connectivity index (χ3n) is 4.35. The van der Waals surface area contributed by atoms with E-state index in [-0.39, 0.29) is 0 Å². The Morgan fingerprint density at radius 2 is 2.12 bits per heavy atom. The van der Waals surface area contributed by atoms with Crippen LogP contribution in [0.2, 0.25) is 0 Å². The minimum atomic E-state index is 0.358. The number of fused-ring (bicyclic) bond motifs is 3. The molecule has 94 valence electrons. The highest BCUT2D eigenvalue weighted by molar-refractivity contribution is 8.00. The van der Waals surface area contributed by atoms with E-state index in [9.17, 15) is 0 Å². The Morgan fingerprint density at radius 1 is 1.35 bits per heavy atom. The largest absolute Gasteiger partial charge is 0.332 e. The summed E-state index contributed by atoms with van der Waals surface area (Å²) >= 11 is 9.16. The highest BCUT2D eigenvalue weighted by Crippen LogP contribution is 2.58. The molecule has 0 bridgehead atoms. The molecule has 1 nitrogen and oxygen atoms in total. The molecule has 1 aliphatic carbocycles. The maximum Gasteiger partial charge on any atom is 0.159 e. The maximum atomic E-state index is 5.33. The summed E-state index contributed by atoms with van der Waals surface area (Å²) in [4.78, 5) is 4.95. The fourth-order valence-electron chi connectivity index (χ4n) is 3.49. The van der Waals surface area contributed by atoms with Crippen LogP contribution in [0.15, 0.2) is 5.03 Å². The van der Waals surface area contributed by atoms with Crippen LogP contribution in [0, 0.1) is 15.8 Å². The van der Waals surface area contributed by atoms with E-state index in [2.05, 4.69) is 25.8 Å². The predicted molar refractivity (Wildman–Crippen MR) is 78.7 cm³/mol. The molecule has 2 aliphatic rings. The normalized spacial score (nSPS) is 35.1. The molecule has 1 N–H and O–H groups in total. The lowest BCUT2D eigenvalue weighted by atomic mass is 9.69. The molecule has 0 amide bonds. The molecule has 0 radical (unpaired) electrons. The molecule has 0 aromatic carbocycles. The van der Waals surface area contributed by atoms with Crippen LogP contribution in [-0.2, 0) is 0 Å². The van der Waals surface area contributed by atoms with Gasteiger partial charge in [-0.2, -0.15) is 0 Å². The van der Waals surface area contributed by atoms with E-state index >= 15 is 0 Å². The first kappa shape index (κ1) is 12.2. The maximum absolute atomic E-state index is 5.33. The molecule has 1 aromatic heterocycles. The number of hydrogen-bond donors (Lipinski definition) is 1. The van der Waals surface area contributed by atoms with Crippen molar-refractivity contribution in [2.24, 2.45) is 11.8 Å². The molecule has 2 heterocycles. The molecule has 0 saturated heterocycles. The van der Waals surface area contributed by atoms with Gasteiger partial charge in [-0.25, -0.2) is 0 Å². The molecule has 0 unspecified atom stereocenters. The molecule has 17 heavy (non-hydrogen) atoms. The van der Waals surface area contributed by atoms with Crippen LogP contribution in [0.4, 0.5) is 0 Å². The van der Waals surface area contributed by atoms with Gasteiger partial charge < -0.3 is 4.98 Å². The van der Waals surface area contributed by atoms with Gasteiger partial charge in [-0.1, -0.05) is 27.2 Å². The number of aromatic amines is 1. The SMILES string of the molecule is C[C@@H]1CC[C@H]2[C@H](C1)c1sc(=S)[nH]c1SC2(C)C. The van der Waals surface area contributed by atoms with Crippen LogP contribution in [0.3, 0.4) is 0 Å². The topological polar surface area (TPSA) is 15.8 Å². The van der Waals surface area contributed by atoms with E-state index < -0.39 is 0 Å². The van der Waals surface area contributed by atoms with E-state index in [0.717, 1.165) is 21.7 Å². The first-order valence-corrected chi connectivity index (χ1v) is 8.43. The molecule has 1 saturated carbocycles. The monoisotopic (exact) mass is 285 g/mol. The van der Waals surface area contributed by atoms with Gasteiger partial charge in [0.15, 0.2) is 3.95 Å². The summed E-state index contributed by atoms with van der Waals surface area (Å²) in [7, 11) is 0. The molecule has 1 fully saturated rings. The van der Waals surface area contributed by atoms with Crippen molar-refractivity contribution in [2.45, 2.75) is 55.7 Å². The van der Waals surface area contributed by atoms with Crippen molar-refractivity contribution in [3.8, 4) is 0 Å². The first-order chi connectivity index (χ1) is 7.97. The molecular weight excluding hydrogens is 266 g/mol. The fourth-order valence-corrected chi connectivity index (χ4v) is 6.51. The Balaban J connectivity index is 2.07. The third kappa shape index (κ3) is 2.02. The van der Waals surface area contributed by atoms with Crippen LogP contribution < -0.4 is 0 Å². The second-order valence-electron chi connectivity index (χ2n) is 6.04. The zero-order valence-electron chi connectivity index (χ0n) is 10.6. The molecule has 3 rings (SSSR count). The van der Waals surface area contributed by atoms with Crippen molar-refractivity contribution in [3.63, 3.8) is 0 Å². The van der Waals surface area contributed by atoms with E-state index in [1.165, 1.54) is 24.3 Å². The minimum absolute atomic E-state index is 0.358. The van der Waals surface area contributed by atoms with Crippen LogP contribution >= 0.6 is 35.3 Å². The molecule has 1 aliphatic heterocycles. The zero-order chi connectivity index (χ0) is 12.2. The quantitative estimate of drug-likeness (QED) is 0.658. The van der Waals surface area contributed by atoms with Crippen molar-refractivity contribution < 1.29 is 0 Å². The number of thiazole rings is 1. The van der Waals surface area contributed by atoms with E-state index in [0.29, 0.717) is 4.75 Å². The van der Waals surface area contributed by atoms with Gasteiger partial charge >= 0.3 is 0 Å². The first-order valence-electron chi connectivity index (χ1n) is 6.39. The number of rotatable bonds is 0. The van der Waals surface area contributed by atoms with E-state index in [1.807, 2.05) is 23.1 Å². The summed E-state index contributed by atoms with van der Waals surface area (Å²) < 4.78 is 1.31. The van der Waals surface area contributed by atoms with Gasteiger partial charge in [-0.15, -0.1) is 23.1 Å². The Morgan fingerprint density at radius 3 is 2.88 bits per heavy atom. The average molecular weight is 286 g/mol. The Hall–Kier alpha value is 0.200. The predicted octanol–water partition coefficient (Wildman–Crippen LogP) is 5.21. The number of H-pyrrole nitrogens is 1. The van der Waals surface area contributed by atoms with E-state index in [1.54, 1.807) is 4.88 Å². The van der Waals surface area contributed by atoms with Gasteiger partial charge in [-0.05, 0) is 36.9 Å². The lowest BCUT2D eigenvalue weighted by Crippen LogP contribution is -2.39. The van der Waals surface area contributed by atoms with Crippen LogP contribution in [0.5, 0.6) is 0 Å². The molecule has 3 atom stereocenters. The van der Waals surface area contributed by atoms with Crippen LogP contribution in [0.1, 0.15) is 50.8 Å². The molecular formula is C13H19NS3. The van der Waals surface area contributed by atoms with Crippen molar-refractivity contribution in [3.05, 3.63) is 8.83 Å². The van der Waals surface area contributed by atoms with Gasteiger partial charge in [0, 0.05) is 15.5 Å². The summed E-state index contributed by atoms with van der Waals surface area (Å²) in [5.74, 6) is 2.46. The third-order valence-corrected chi connectivity index (χ3v) is 7.20. The van der Waals surface area contributed by atoms with Gasteiger partial charge in [0.25, 0.3) is 0 Å². The standard InChI is InChI=1S/C13H19NS3/c1-7-4-5-9-8(6-7)10-11(14-12(15)16-10)17-13(9,2)3/h7-9H,4-6H2,1-3H3,(H,14,15)/t7-,8+,9+/m1/s1. The minimum Gasteiger partial charge on any atom is -0.332 e. The van der Waals surface area contributed by atoms with Gasteiger partial charge in [0.2, 0.25) is 0 Å². The summed E-state index contributed by atoms with van der Waals surface area (Å²) in [6.07, 6.45) is 4.14. The Labute approximate surface area is 116 Å². The molecule has 1 aromatic rings. The van der Waals surface area contributed by atoms with Gasteiger partial charge in [-0.3, -0.25) is 0 Å². The number of hydrogen-bond acceptors (Lipinski definition) is 3. The molecule has 4 heteroatoms. The average Bonchev–Trinajstić information content (AvgIpc) is 2.57. The Kier molecular flexibility index (Phi) is 2.96. The highest BCUT2D eigenvalue weighted by atomic mass is 32.2. The smallest absolute Gasteiger partial charge is 0.159 e. The number of thioether (sulfide) groups is 1. The zero-order valence-corrected chi connectivity index (χ0v) is 13.0. The Bertz CT molecular complexity index is 485. The number of aromatic nitrogens is 1. The molecule has 0 spiro atoms. The summed E-state index contributed by atoms with van der Waals surface area (Å²) in [5, 5.41) is 1.36. The summed E-state index contributed by atoms with van der Waals surface area (Å²) in [6.45, 7) is 7.21. The fraction of sp³-hybridized carbons (Fsp3) is 0.769. The van der Waals surface area contributed by atoms with Crippen molar-refractivity contribution >= 4 is 35.3 Å². The van der Waals surface area contributed by atoms with Gasteiger partial charge in [0.1, 0.15) is 0 Å². The lowest BCUT2D eigenvalue weighted by molar-refractivity contribution is 0.210. The second kappa shape index (κ2) is 4.10. The van der Waals surface area contributed by atoms with Crippen LogP contribution in [-0.4, -0.2) is 9.73 Å². The van der Waals surface area contributed by atoms with E-state index in [4.69, 9.17) is 12.2 Å². The van der Waals surface area contributed by atoms with Crippen LogP contribution in [0.25, 0.3) is 0 Å². The van der Waals surface area contributed by atoms with Crippen molar-refractivity contribution in [1.82, 2.24) is 4.98 Å². The summed E-state index contributed by atoms with van der Waals surface area (Å²) in [6, 6.07) is 0. The number of nitrogens with one attached hydrogen (secondary N) is 1. The second-order valence-corrected chi connectivity index (χ2v) is 9.43. The van der Waals surface area contributed by atoms with Crippen molar-refractivity contribution in [1.29, 1.82) is 0 Å². The van der Waals surface area contributed by atoms with Crippen molar-refractivity contribution in [2.75, 3.05) is 0 Å². The lowest BCUT2D eigenvalue weighted by Gasteiger charge is -2.46. The summed E-state index contributed by atoms with van der Waals surface area (Å²) in [5.41, 5.74) is 0. The highest BCUT2D eigenvalue weighted by Gasteiger charge is 2.45. The van der Waals surface area contributed by atoms with Gasteiger partial charge in [0.05, 0.1) is 5.03 Å².